The number of esters is 1. The summed E-state index contributed by atoms with van der Waals surface area (Å²) in [5.74, 6) is 0.597. The van der Waals surface area contributed by atoms with Gasteiger partial charge in [0.2, 0.25) is 0 Å². The van der Waals surface area contributed by atoms with Crippen LogP contribution in [0.5, 0.6) is 5.75 Å². The molecule has 0 atom stereocenters. The summed E-state index contributed by atoms with van der Waals surface area (Å²) in [6.07, 6.45) is 1.56. The van der Waals surface area contributed by atoms with Crippen molar-refractivity contribution in [2.24, 2.45) is 5.10 Å². The summed E-state index contributed by atoms with van der Waals surface area (Å²) >= 11 is 0. The third-order valence-corrected chi connectivity index (χ3v) is 4.16. The number of nitrogen functional groups attached to an aromatic ring is 1. The zero-order valence-electron chi connectivity index (χ0n) is 16.2. The Morgan fingerprint density at radius 3 is 2.41 bits per heavy atom. The van der Waals surface area contributed by atoms with E-state index in [1.165, 1.54) is 13.2 Å². The highest BCUT2D eigenvalue weighted by Gasteiger charge is 2.05. The highest BCUT2D eigenvalue weighted by atomic mass is 16.5. The first-order valence-corrected chi connectivity index (χ1v) is 8.90. The number of nitrogens with two attached hydrogens (primary N) is 1. The molecule has 7 nitrogen and oxygen atoms in total. The van der Waals surface area contributed by atoms with Crippen molar-refractivity contribution in [3.8, 4) is 5.75 Å². The topological polar surface area (TPSA) is 95.9 Å². The van der Waals surface area contributed by atoms with Crippen molar-refractivity contribution < 1.29 is 14.3 Å². The highest BCUT2D eigenvalue weighted by Crippen LogP contribution is 2.14. The Labute approximate surface area is 168 Å². The van der Waals surface area contributed by atoms with Gasteiger partial charge in [0.1, 0.15) is 18.2 Å². The summed E-state index contributed by atoms with van der Waals surface area (Å²) in [6.45, 7) is 2.17. The Balaban J connectivity index is 1.62. The molecule has 0 radical (unpaired) electrons. The maximum atomic E-state index is 12.0. The molecule has 29 heavy (non-hydrogen) atoms. The Kier molecular flexibility index (Phi) is 6.09. The van der Waals surface area contributed by atoms with E-state index in [1.807, 2.05) is 36.4 Å². The average Bonchev–Trinajstić information content (AvgIpc) is 2.72. The number of methoxy groups -OCH3 is 1. The van der Waals surface area contributed by atoms with Crippen molar-refractivity contribution in [3.63, 3.8) is 0 Å². The first kappa shape index (κ1) is 19.9. The summed E-state index contributed by atoms with van der Waals surface area (Å²) in [6, 6.07) is 17.5. The van der Waals surface area contributed by atoms with Gasteiger partial charge in [-0.2, -0.15) is 9.78 Å². The summed E-state index contributed by atoms with van der Waals surface area (Å²) in [7, 11) is 1.35. The first-order chi connectivity index (χ1) is 14.0. The molecule has 0 aliphatic heterocycles. The molecule has 1 aromatic heterocycles. The SMILES string of the molecule is COC(=O)c1ccc(COc2ccc(/C=N\n3c(N)cc(C)cc3=O)cc2)cc1. The van der Waals surface area contributed by atoms with Gasteiger partial charge in [0.25, 0.3) is 5.56 Å². The van der Waals surface area contributed by atoms with Crippen molar-refractivity contribution in [2.45, 2.75) is 13.5 Å². The van der Waals surface area contributed by atoms with Gasteiger partial charge >= 0.3 is 5.97 Å². The van der Waals surface area contributed by atoms with E-state index in [2.05, 4.69) is 9.84 Å². The maximum Gasteiger partial charge on any atom is 0.337 e. The summed E-state index contributed by atoms with van der Waals surface area (Å²) < 4.78 is 11.6. The average molecular weight is 391 g/mol. The normalized spacial score (nSPS) is 10.8. The Morgan fingerprint density at radius 2 is 1.79 bits per heavy atom. The van der Waals surface area contributed by atoms with E-state index in [0.29, 0.717) is 17.9 Å². The van der Waals surface area contributed by atoms with E-state index < -0.39 is 0 Å². The molecule has 0 unspecified atom stereocenters. The monoisotopic (exact) mass is 391 g/mol. The van der Waals surface area contributed by atoms with Gasteiger partial charge in [-0.1, -0.05) is 12.1 Å². The van der Waals surface area contributed by atoms with Crippen LogP contribution in [0.4, 0.5) is 5.82 Å². The van der Waals surface area contributed by atoms with Crippen LogP contribution in [0.25, 0.3) is 0 Å². The van der Waals surface area contributed by atoms with Gasteiger partial charge in [0, 0.05) is 6.07 Å². The van der Waals surface area contributed by atoms with Crippen LogP contribution in [0, 0.1) is 6.92 Å². The van der Waals surface area contributed by atoms with Crippen LogP contribution in [-0.4, -0.2) is 24.0 Å². The number of nitrogens with zero attached hydrogens (tertiary/aromatic N) is 2. The predicted molar refractivity (Wildman–Crippen MR) is 111 cm³/mol. The summed E-state index contributed by atoms with van der Waals surface area (Å²) in [5, 5.41) is 4.14. The molecule has 148 valence electrons. The second-order valence-electron chi connectivity index (χ2n) is 6.40. The summed E-state index contributed by atoms with van der Waals surface area (Å²) in [4.78, 5) is 23.4. The fraction of sp³-hybridized carbons (Fsp3) is 0.136. The molecule has 3 rings (SSSR count). The molecule has 2 N–H and O–H groups in total. The minimum Gasteiger partial charge on any atom is -0.489 e. The van der Waals surface area contributed by atoms with Crippen LogP contribution in [0.2, 0.25) is 0 Å². The molecule has 0 saturated heterocycles. The van der Waals surface area contributed by atoms with Crippen LogP contribution in [-0.2, 0) is 11.3 Å². The van der Waals surface area contributed by atoms with E-state index >= 15 is 0 Å². The molecule has 0 spiro atoms. The molecule has 2 aromatic carbocycles. The third-order valence-electron chi connectivity index (χ3n) is 4.16. The van der Waals surface area contributed by atoms with E-state index in [9.17, 15) is 9.59 Å². The highest BCUT2D eigenvalue weighted by molar-refractivity contribution is 5.89. The predicted octanol–water partition coefficient (Wildman–Crippen LogP) is 2.99. The van der Waals surface area contributed by atoms with Gasteiger partial charge in [-0.25, -0.2) is 4.79 Å². The van der Waals surface area contributed by atoms with Crippen molar-refractivity contribution in [1.29, 1.82) is 0 Å². The molecular formula is C22H21N3O4. The molecular weight excluding hydrogens is 370 g/mol. The fourth-order valence-electron chi connectivity index (χ4n) is 2.64. The van der Waals surface area contributed by atoms with Crippen LogP contribution in [0.15, 0.2) is 70.6 Å². The number of carbonyl (C=O) groups excluding carboxylic acids is 1. The molecule has 7 heteroatoms. The van der Waals surface area contributed by atoms with Gasteiger partial charge in [-0.15, -0.1) is 0 Å². The Bertz CT molecular complexity index is 1080. The minimum atomic E-state index is -0.371. The van der Waals surface area contributed by atoms with Crippen molar-refractivity contribution in [2.75, 3.05) is 12.8 Å². The minimum absolute atomic E-state index is 0.281. The lowest BCUT2D eigenvalue weighted by Gasteiger charge is -2.07. The number of aryl methyl sites for hydroxylation is 1. The number of ether oxygens (including phenoxy) is 2. The molecule has 0 fully saturated rings. The van der Waals surface area contributed by atoms with Gasteiger partial charge in [0.15, 0.2) is 0 Å². The lowest BCUT2D eigenvalue weighted by molar-refractivity contribution is 0.0600. The van der Waals surface area contributed by atoms with Crippen LogP contribution in [0.1, 0.15) is 27.0 Å². The van der Waals surface area contributed by atoms with Gasteiger partial charge in [0.05, 0.1) is 18.9 Å². The third kappa shape index (κ3) is 5.10. The standard InChI is InChI=1S/C22H21N3O4/c1-15-11-20(23)25(21(26)12-15)24-13-16-5-9-19(10-6-16)29-14-17-3-7-18(8-4-17)22(27)28-2/h3-13H,14,23H2,1-2H3/b24-13-. The largest absolute Gasteiger partial charge is 0.489 e. The van der Waals surface area contributed by atoms with Crippen LogP contribution >= 0.6 is 0 Å². The number of hydrogen-bond acceptors (Lipinski definition) is 6. The zero-order valence-corrected chi connectivity index (χ0v) is 16.2. The number of hydrogen-bond donors (Lipinski definition) is 1. The zero-order chi connectivity index (χ0) is 20.8. The molecule has 0 saturated carbocycles. The number of rotatable bonds is 6. The Morgan fingerprint density at radius 1 is 1.10 bits per heavy atom. The lowest BCUT2D eigenvalue weighted by atomic mass is 10.1. The number of anilines is 1. The van der Waals surface area contributed by atoms with E-state index in [-0.39, 0.29) is 17.3 Å². The van der Waals surface area contributed by atoms with Gasteiger partial charge in [-0.05, 0) is 66.1 Å². The lowest BCUT2D eigenvalue weighted by Crippen LogP contribution is -2.19. The maximum absolute atomic E-state index is 12.0. The quantitative estimate of drug-likeness (QED) is 0.515. The van der Waals surface area contributed by atoms with Crippen molar-refractivity contribution in [3.05, 3.63) is 93.3 Å². The molecule has 0 amide bonds. The smallest absolute Gasteiger partial charge is 0.337 e. The second-order valence-corrected chi connectivity index (χ2v) is 6.40. The van der Waals surface area contributed by atoms with Crippen LogP contribution < -0.4 is 16.0 Å². The van der Waals surface area contributed by atoms with Crippen molar-refractivity contribution in [1.82, 2.24) is 4.68 Å². The fourth-order valence-corrected chi connectivity index (χ4v) is 2.64. The van der Waals surface area contributed by atoms with E-state index in [4.69, 9.17) is 10.5 Å². The molecule has 0 bridgehead atoms. The number of benzene rings is 2. The van der Waals surface area contributed by atoms with Gasteiger partial charge < -0.3 is 15.2 Å². The van der Waals surface area contributed by atoms with Gasteiger partial charge in [-0.3, -0.25) is 4.79 Å². The number of aromatic nitrogens is 1. The van der Waals surface area contributed by atoms with E-state index in [1.54, 1.807) is 31.3 Å². The molecule has 0 aliphatic carbocycles. The molecule has 1 heterocycles. The second kappa shape index (κ2) is 8.88. The first-order valence-electron chi connectivity index (χ1n) is 8.90. The number of carbonyl (C=O) groups is 1. The van der Waals surface area contributed by atoms with E-state index in [0.717, 1.165) is 21.4 Å². The molecule has 0 aliphatic rings. The summed E-state index contributed by atoms with van der Waals surface area (Å²) in [5.41, 5.74) is 8.57. The van der Waals surface area contributed by atoms with Crippen molar-refractivity contribution >= 4 is 18.0 Å². The molecule has 3 aromatic rings. The number of pyridine rings is 1. The van der Waals surface area contributed by atoms with Crippen LogP contribution in [0.3, 0.4) is 0 Å². The Hall–Kier alpha value is -3.87.